The number of carbonyl (C=O) groups is 1. The van der Waals surface area contributed by atoms with E-state index in [1.165, 1.54) is 0 Å². The number of imidazole rings is 1. The van der Waals surface area contributed by atoms with E-state index in [0.717, 1.165) is 16.5 Å². The molecule has 0 saturated heterocycles. The zero-order chi connectivity index (χ0) is 12.4. The Hall–Kier alpha value is -2.14. The van der Waals surface area contributed by atoms with Crippen molar-refractivity contribution in [2.75, 3.05) is 0 Å². The van der Waals surface area contributed by atoms with Crippen LogP contribution in [0.3, 0.4) is 0 Å². The molecule has 0 saturated carbocycles. The maximum absolute atomic E-state index is 10.6. The highest BCUT2D eigenvalue weighted by Gasteiger charge is 2.09. The second-order valence-electron chi connectivity index (χ2n) is 3.78. The van der Waals surface area contributed by atoms with Gasteiger partial charge in [-0.15, -0.1) is 11.3 Å². The van der Waals surface area contributed by atoms with Crippen molar-refractivity contribution >= 4 is 17.6 Å². The van der Waals surface area contributed by atoms with Crippen molar-refractivity contribution in [3.63, 3.8) is 0 Å². The zero-order valence-electron chi connectivity index (χ0n) is 9.45. The third kappa shape index (κ3) is 2.00. The number of thiophene rings is 1. The fourth-order valence-electron chi connectivity index (χ4n) is 1.78. The second-order valence-corrected chi connectivity index (χ2v) is 4.73. The molecule has 0 atom stereocenters. The Morgan fingerprint density at radius 3 is 3.06 bits per heavy atom. The van der Waals surface area contributed by atoms with Crippen LogP contribution in [-0.4, -0.2) is 15.8 Å². The Labute approximate surface area is 108 Å². The minimum Gasteiger partial charge on any atom is -0.456 e. The largest absolute Gasteiger partial charge is 0.456 e. The number of hydrogen-bond acceptors (Lipinski definition) is 4. The number of aromatic nitrogens is 2. The summed E-state index contributed by atoms with van der Waals surface area (Å²) in [6.45, 7) is 0.571. The van der Waals surface area contributed by atoms with Gasteiger partial charge in [0, 0.05) is 12.4 Å². The van der Waals surface area contributed by atoms with Crippen LogP contribution in [0.2, 0.25) is 0 Å². The van der Waals surface area contributed by atoms with E-state index in [1.807, 2.05) is 34.3 Å². The molecule has 0 aliphatic rings. The number of aldehydes is 1. The van der Waals surface area contributed by atoms with Gasteiger partial charge in [0.05, 0.1) is 11.4 Å². The molecular weight excluding hydrogens is 248 g/mol. The lowest BCUT2D eigenvalue weighted by Gasteiger charge is -2.03. The molecule has 4 nitrogen and oxygen atoms in total. The molecule has 0 fully saturated rings. The molecule has 0 spiro atoms. The molecule has 0 aliphatic heterocycles. The van der Waals surface area contributed by atoms with Crippen LogP contribution in [0.15, 0.2) is 46.5 Å². The van der Waals surface area contributed by atoms with Crippen molar-refractivity contribution < 1.29 is 9.21 Å². The highest BCUT2D eigenvalue weighted by atomic mass is 32.1. The molecule has 0 unspecified atom stereocenters. The lowest BCUT2D eigenvalue weighted by atomic mass is 10.4. The van der Waals surface area contributed by atoms with Gasteiger partial charge in [0.15, 0.2) is 12.0 Å². The maximum Gasteiger partial charge on any atom is 0.185 e. The van der Waals surface area contributed by atoms with Crippen molar-refractivity contribution in [1.29, 1.82) is 0 Å². The highest BCUT2D eigenvalue weighted by Crippen LogP contribution is 2.23. The van der Waals surface area contributed by atoms with Crippen LogP contribution in [-0.2, 0) is 6.54 Å². The minimum absolute atomic E-state index is 0.350. The third-order valence-corrected chi connectivity index (χ3v) is 3.45. The fraction of sp³-hybridized carbons (Fsp3) is 0.0769. The van der Waals surface area contributed by atoms with Gasteiger partial charge in [-0.3, -0.25) is 4.79 Å². The Morgan fingerprint density at radius 2 is 2.33 bits per heavy atom. The molecule has 3 heterocycles. The van der Waals surface area contributed by atoms with Crippen LogP contribution in [0.5, 0.6) is 0 Å². The SMILES string of the molecule is O=Cc1ccc(Cn2ccnc2-c2cccs2)o1. The van der Waals surface area contributed by atoms with Gasteiger partial charge < -0.3 is 8.98 Å². The van der Waals surface area contributed by atoms with Gasteiger partial charge in [-0.25, -0.2) is 4.98 Å². The molecule has 18 heavy (non-hydrogen) atoms. The van der Waals surface area contributed by atoms with Crippen molar-refractivity contribution in [3.05, 3.63) is 53.6 Å². The van der Waals surface area contributed by atoms with E-state index in [9.17, 15) is 4.79 Å². The third-order valence-electron chi connectivity index (χ3n) is 2.58. The summed E-state index contributed by atoms with van der Waals surface area (Å²) in [5.74, 6) is 2.00. The summed E-state index contributed by atoms with van der Waals surface area (Å²) < 4.78 is 7.36. The van der Waals surface area contributed by atoms with Gasteiger partial charge in [-0.05, 0) is 23.6 Å². The summed E-state index contributed by atoms with van der Waals surface area (Å²) >= 11 is 1.64. The molecule has 3 aromatic rings. The van der Waals surface area contributed by atoms with E-state index < -0.39 is 0 Å². The van der Waals surface area contributed by atoms with E-state index in [2.05, 4.69) is 4.98 Å². The average Bonchev–Trinajstić information content (AvgIpc) is 3.09. The molecule has 0 amide bonds. The van der Waals surface area contributed by atoms with E-state index in [1.54, 1.807) is 23.6 Å². The molecule has 0 aliphatic carbocycles. The lowest BCUT2D eigenvalue weighted by Crippen LogP contribution is -1.99. The first-order valence-corrected chi connectivity index (χ1v) is 6.33. The van der Waals surface area contributed by atoms with Crippen LogP contribution < -0.4 is 0 Å². The summed E-state index contributed by atoms with van der Waals surface area (Å²) in [4.78, 5) is 16.0. The minimum atomic E-state index is 0.350. The predicted octanol–water partition coefficient (Wildman–Crippen LogP) is 3.07. The number of hydrogen-bond donors (Lipinski definition) is 0. The molecular formula is C13H10N2O2S. The van der Waals surface area contributed by atoms with E-state index in [0.29, 0.717) is 18.6 Å². The van der Waals surface area contributed by atoms with Crippen LogP contribution in [0.4, 0.5) is 0 Å². The van der Waals surface area contributed by atoms with Gasteiger partial charge in [-0.1, -0.05) is 6.07 Å². The number of nitrogens with zero attached hydrogens (tertiary/aromatic N) is 2. The van der Waals surface area contributed by atoms with Gasteiger partial charge in [0.1, 0.15) is 11.6 Å². The Bertz CT molecular complexity index is 652. The van der Waals surface area contributed by atoms with Gasteiger partial charge in [-0.2, -0.15) is 0 Å². The highest BCUT2D eigenvalue weighted by molar-refractivity contribution is 7.13. The number of rotatable bonds is 4. The number of carbonyl (C=O) groups excluding carboxylic acids is 1. The van der Waals surface area contributed by atoms with Crippen LogP contribution in [0.25, 0.3) is 10.7 Å². The van der Waals surface area contributed by atoms with E-state index in [4.69, 9.17) is 4.42 Å². The summed E-state index contributed by atoms with van der Waals surface area (Å²) in [5, 5.41) is 2.02. The first kappa shape index (κ1) is 11.0. The van der Waals surface area contributed by atoms with Crippen molar-refractivity contribution in [1.82, 2.24) is 9.55 Å². The average molecular weight is 258 g/mol. The maximum atomic E-state index is 10.6. The van der Waals surface area contributed by atoms with Crippen molar-refractivity contribution in [2.45, 2.75) is 6.54 Å². The molecule has 5 heteroatoms. The van der Waals surface area contributed by atoms with Crippen LogP contribution >= 0.6 is 11.3 Å². The Morgan fingerprint density at radius 1 is 1.39 bits per heavy atom. The molecule has 0 radical (unpaired) electrons. The Balaban J connectivity index is 1.89. The monoisotopic (exact) mass is 258 g/mol. The second kappa shape index (κ2) is 4.62. The lowest BCUT2D eigenvalue weighted by molar-refractivity contribution is 0.109. The van der Waals surface area contributed by atoms with Gasteiger partial charge >= 0.3 is 0 Å². The molecule has 0 aromatic carbocycles. The fourth-order valence-corrected chi connectivity index (χ4v) is 2.51. The predicted molar refractivity (Wildman–Crippen MR) is 68.7 cm³/mol. The standard InChI is InChI=1S/C13H10N2O2S/c16-9-11-4-3-10(17-11)8-15-6-5-14-13(15)12-2-1-7-18-12/h1-7,9H,8H2. The zero-order valence-corrected chi connectivity index (χ0v) is 10.3. The molecule has 0 bridgehead atoms. The normalized spacial score (nSPS) is 10.7. The Kier molecular flexibility index (Phi) is 2.82. The van der Waals surface area contributed by atoms with Crippen LogP contribution in [0, 0.1) is 0 Å². The number of furan rings is 1. The molecule has 3 rings (SSSR count). The van der Waals surface area contributed by atoms with Crippen LogP contribution in [0.1, 0.15) is 16.3 Å². The van der Waals surface area contributed by atoms with Gasteiger partial charge in [0.2, 0.25) is 0 Å². The topological polar surface area (TPSA) is 48.0 Å². The quantitative estimate of drug-likeness (QED) is 0.676. The summed E-state index contributed by atoms with van der Waals surface area (Å²) in [6.07, 6.45) is 4.37. The van der Waals surface area contributed by atoms with Crippen molar-refractivity contribution in [2.24, 2.45) is 0 Å². The first-order valence-electron chi connectivity index (χ1n) is 5.46. The molecule has 90 valence electrons. The molecule has 0 N–H and O–H groups in total. The van der Waals surface area contributed by atoms with Gasteiger partial charge in [0.25, 0.3) is 0 Å². The van der Waals surface area contributed by atoms with Crippen molar-refractivity contribution in [3.8, 4) is 10.7 Å². The van der Waals surface area contributed by atoms with E-state index in [-0.39, 0.29) is 0 Å². The smallest absolute Gasteiger partial charge is 0.185 e. The first-order chi connectivity index (χ1) is 8.86. The summed E-state index contributed by atoms with van der Waals surface area (Å²) in [7, 11) is 0. The summed E-state index contributed by atoms with van der Waals surface area (Å²) in [6, 6.07) is 7.50. The summed E-state index contributed by atoms with van der Waals surface area (Å²) in [5.41, 5.74) is 0. The van der Waals surface area contributed by atoms with E-state index >= 15 is 0 Å². The molecule has 3 aromatic heterocycles.